The third-order valence-corrected chi connectivity index (χ3v) is 4.82. The fourth-order valence-electron chi connectivity index (χ4n) is 3.74. The molecule has 0 amide bonds. The van der Waals surface area contributed by atoms with E-state index in [-0.39, 0.29) is 0 Å². The molecule has 0 bridgehead atoms. The lowest BCUT2D eigenvalue weighted by molar-refractivity contribution is 0.116. The topological polar surface area (TPSA) is 33.1 Å². The fourth-order valence-corrected chi connectivity index (χ4v) is 3.74. The molecule has 2 saturated heterocycles. The van der Waals surface area contributed by atoms with Gasteiger partial charge in [-0.25, -0.2) is 4.68 Å². The van der Waals surface area contributed by atoms with Crippen LogP contribution in [0.15, 0.2) is 42.6 Å². The van der Waals surface area contributed by atoms with Crippen LogP contribution in [0.1, 0.15) is 18.5 Å². The van der Waals surface area contributed by atoms with Gasteiger partial charge in [-0.15, -0.1) is 0 Å². The molecule has 0 spiro atoms. The van der Waals surface area contributed by atoms with Gasteiger partial charge >= 0.3 is 0 Å². The van der Waals surface area contributed by atoms with Gasteiger partial charge in [0.1, 0.15) is 0 Å². The van der Waals surface area contributed by atoms with Gasteiger partial charge < -0.3 is 5.32 Å². The summed E-state index contributed by atoms with van der Waals surface area (Å²) in [5.41, 5.74) is 2.30. The third kappa shape index (κ3) is 2.61. The van der Waals surface area contributed by atoms with Crippen LogP contribution in [0.3, 0.4) is 0 Å². The zero-order chi connectivity index (χ0) is 14.1. The largest absolute Gasteiger partial charge is 0.315 e. The van der Waals surface area contributed by atoms with E-state index in [1.807, 2.05) is 10.7 Å². The van der Waals surface area contributed by atoms with Crippen molar-refractivity contribution in [2.75, 3.05) is 19.6 Å². The summed E-state index contributed by atoms with van der Waals surface area (Å²) >= 11 is 0. The van der Waals surface area contributed by atoms with Gasteiger partial charge in [-0.1, -0.05) is 18.2 Å². The van der Waals surface area contributed by atoms with Crippen molar-refractivity contribution >= 4 is 0 Å². The van der Waals surface area contributed by atoms with Gasteiger partial charge in [-0.05, 0) is 50.0 Å². The van der Waals surface area contributed by atoms with E-state index in [9.17, 15) is 0 Å². The highest BCUT2D eigenvalue weighted by Crippen LogP contribution is 2.27. The molecule has 1 N–H and O–H groups in total. The van der Waals surface area contributed by atoms with Gasteiger partial charge in [-0.2, -0.15) is 5.10 Å². The minimum atomic E-state index is 0.709. The van der Waals surface area contributed by atoms with Crippen LogP contribution in [0.5, 0.6) is 0 Å². The van der Waals surface area contributed by atoms with Crippen molar-refractivity contribution < 1.29 is 0 Å². The summed E-state index contributed by atoms with van der Waals surface area (Å²) in [6, 6.07) is 13.2. The second kappa shape index (κ2) is 5.62. The van der Waals surface area contributed by atoms with E-state index in [4.69, 9.17) is 5.10 Å². The van der Waals surface area contributed by atoms with E-state index in [1.54, 1.807) is 0 Å². The molecule has 1 aromatic carbocycles. The van der Waals surface area contributed by atoms with E-state index < -0.39 is 0 Å². The number of rotatable bonds is 3. The molecule has 0 radical (unpaired) electrons. The average Bonchev–Trinajstić information content (AvgIpc) is 3.17. The number of nitrogens with one attached hydrogen (secondary N) is 1. The van der Waals surface area contributed by atoms with Crippen LogP contribution in [-0.4, -0.2) is 40.4 Å². The molecule has 2 aliphatic rings. The summed E-state index contributed by atoms with van der Waals surface area (Å²) < 4.78 is 1.98. The van der Waals surface area contributed by atoms with Gasteiger partial charge in [-0.3, -0.25) is 4.90 Å². The SMILES string of the molecule is c1ccc(-n2ccc(CN3CCCC4CNCC43)n2)cc1. The summed E-state index contributed by atoms with van der Waals surface area (Å²) in [6.45, 7) is 4.52. The normalized spacial score (nSPS) is 25.9. The Morgan fingerprint density at radius 1 is 1.14 bits per heavy atom. The second-order valence-corrected chi connectivity index (χ2v) is 6.19. The Morgan fingerprint density at radius 3 is 2.95 bits per heavy atom. The molecule has 2 aromatic rings. The Morgan fingerprint density at radius 2 is 2.05 bits per heavy atom. The lowest BCUT2D eigenvalue weighted by atomic mass is 9.92. The molecular weight excluding hydrogens is 260 g/mol. The molecule has 1 aromatic heterocycles. The number of nitrogens with zero attached hydrogens (tertiary/aromatic N) is 3. The van der Waals surface area contributed by atoms with Crippen molar-refractivity contribution in [2.24, 2.45) is 5.92 Å². The predicted octanol–water partition coefficient (Wildman–Crippen LogP) is 2.06. The minimum absolute atomic E-state index is 0.709. The van der Waals surface area contributed by atoms with Crippen molar-refractivity contribution in [3.63, 3.8) is 0 Å². The van der Waals surface area contributed by atoms with E-state index in [0.717, 1.165) is 24.7 Å². The number of fused-ring (bicyclic) bond motifs is 1. The van der Waals surface area contributed by atoms with Crippen LogP contribution in [0.2, 0.25) is 0 Å². The van der Waals surface area contributed by atoms with E-state index in [0.29, 0.717) is 6.04 Å². The molecule has 2 atom stereocenters. The molecule has 2 aliphatic heterocycles. The van der Waals surface area contributed by atoms with Crippen LogP contribution in [0.25, 0.3) is 5.69 Å². The average molecular weight is 282 g/mol. The number of piperidine rings is 1. The van der Waals surface area contributed by atoms with Crippen molar-refractivity contribution in [1.29, 1.82) is 0 Å². The van der Waals surface area contributed by atoms with Gasteiger partial charge in [0.15, 0.2) is 0 Å². The molecule has 21 heavy (non-hydrogen) atoms. The van der Waals surface area contributed by atoms with E-state index in [1.165, 1.54) is 31.6 Å². The first-order chi connectivity index (χ1) is 10.4. The maximum atomic E-state index is 4.74. The molecule has 4 heteroatoms. The summed E-state index contributed by atoms with van der Waals surface area (Å²) in [6.07, 6.45) is 4.77. The Balaban J connectivity index is 1.49. The van der Waals surface area contributed by atoms with Gasteiger partial charge in [0, 0.05) is 25.3 Å². The number of para-hydroxylation sites is 1. The summed E-state index contributed by atoms with van der Waals surface area (Å²) in [7, 11) is 0. The molecule has 2 unspecified atom stereocenters. The first-order valence-corrected chi connectivity index (χ1v) is 7.95. The first-order valence-electron chi connectivity index (χ1n) is 7.95. The Bertz CT molecular complexity index is 592. The molecule has 110 valence electrons. The Hall–Kier alpha value is -1.65. The predicted molar refractivity (Wildman–Crippen MR) is 83.4 cm³/mol. The maximum absolute atomic E-state index is 4.74. The van der Waals surface area contributed by atoms with Crippen LogP contribution in [0, 0.1) is 5.92 Å². The number of likely N-dealkylation sites (tertiary alicyclic amines) is 1. The highest BCUT2D eigenvalue weighted by atomic mass is 15.3. The minimum Gasteiger partial charge on any atom is -0.315 e. The Kier molecular flexibility index (Phi) is 3.49. The molecule has 4 nitrogen and oxygen atoms in total. The lowest BCUT2D eigenvalue weighted by Gasteiger charge is -2.36. The van der Waals surface area contributed by atoms with E-state index >= 15 is 0 Å². The molecule has 0 aliphatic carbocycles. The van der Waals surface area contributed by atoms with Crippen molar-refractivity contribution in [2.45, 2.75) is 25.4 Å². The maximum Gasteiger partial charge on any atom is 0.0769 e. The van der Waals surface area contributed by atoms with Crippen LogP contribution < -0.4 is 5.32 Å². The third-order valence-electron chi connectivity index (χ3n) is 4.82. The van der Waals surface area contributed by atoms with Gasteiger partial charge in [0.2, 0.25) is 0 Å². The quantitative estimate of drug-likeness (QED) is 0.935. The summed E-state index contributed by atoms with van der Waals surface area (Å²) in [5, 5.41) is 8.29. The van der Waals surface area contributed by atoms with Crippen LogP contribution in [0.4, 0.5) is 0 Å². The molecular formula is C17H22N4. The molecule has 3 heterocycles. The number of benzene rings is 1. The number of hydrogen-bond donors (Lipinski definition) is 1. The summed E-state index contributed by atoms with van der Waals surface area (Å²) in [5.74, 6) is 0.843. The standard InChI is InChI=1S/C17H22N4/c1-2-6-16(7-3-1)21-10-8-15(19-21)13-20-9-4-5-14-11-18-12-17(14)20/h1-3,6-8,10,14,17-18H,4-5,9,11-13H2. The lowest BCUT2D eigenvalue weighted by Crippen LogP contribution is -2.44. The number of aromatic nitrogens is 2. The first kappa shape index (κ1) is 13.0. The summed E-state index contributed by atoms with van der Waals surface area (Å²) in [4.78, 5) is 2.62. The smallest absolute Gasteiger partial charge is 0.0769 e. The zero-order valence-corrected chi connectivity index (χ0v) is 12.3. The van der Waals surface area contributed by atoms with Gasteiger partial charge in [0.05, 0.1) is 11.4 Å². The van der Waals surface area contributed by atoms with Crippen molar-refractivity contribution in [3.05, 3.63) is 48.3 Å². The van der Waals surface area contributed by atoms with Crippen LogP contribution >= 0.6 is 0 Å². The van der Waals surface area contributed by atoms with Crippen molar-refractivity contribution in [1.82, 2.24) is 20.0 Å². The van der Waals surface area contributed by atoms with E-state index in [2.05, 4.69) is 46.7 Å². The molecule has 2 fully saturated rings. The molecule has 4 rings (SSSR count). The van der Waals surface area contributed by atoms with Crippen LogP contribution in [-0.2, 0) is 6.54 Å². The van der Waals surface area contributed by atoms with Gasteiger partial charge in [0.25, 0.3) is 0 Å². The highest BCUT2D eigenvalue weighted by Gasteiger charge is 2.34. The highest BCUT2D eigenvalue weighted by molar-refractivity contribution is 5.30. The Labute approximate surface area is 125 Å². The van der Waals surface area contributed by atoms with Crippen molar-refractivity contribution in [3.8, 4) is 5.69 Å². The zero-order valence-electron chi connectivity index (χ0n) is 12.3. The molecule has 0 saturated carbocycles. The fraction of sp³-hybridized carbons (Fsp3) is 0.471. The number of hydrogen-bond acceptors (Lipinski definition) is 3. The second-order valence-electron chi connectivity index (χ2n) is 6.19. The monoisotopic (exact) mass is 282 g/mol.